The van der Waals surface area contributed by atoms with Crippen LogP contribution in [0.4, 0.5) is 0 Å². The zero-order valence-electron chi connectivity index (χ0n) is 10.8. The Morgan fingerprint density at radius 2 is 1.67 bits per heavy atom. The maximum atomic E-state index is 9.11. The van der Waals surface area contributed by atoms with Gasteiger partial charge in [0.15, 0.2) is 0 Å². The van der Waals surface area contributed by atoms with Gasteiger partial charge in [0.1, 0.15) is 0 Å². The summed E-state index contributed by atoms with van der Waals surface area (Å²) in [7, 11) is 0. The first-order valence-corrected chi connectivity index (χ1v) is 6.91. The van der Waals surface area contributed by atoms with E-state index in [1.54, 1.807) is 0 Å². The standard InChI is InChI=1S/C16H21NO/c17-11-15-7-3-13(4-8-15)1-2-14-5-9-16(12-18)10-6-14/h3-4,7-8,14,16,18H,1-2,5-6,9-10,12H2. The Balaban J connectivity index is 1.76. The summed E-state index contributed by atoms with van der Waals surface area (Å²) in [5.41, 5.74) is 2.07. The van der Waals surface area contributed by atoms with E-state index in [2.05, 4.69) is 18.2 Å². The number of aliphatic hydroxyl groups excluding tert-OH is 1. The number of hydrogen-bond donors (Lipinski definition) is 1. The van der Waals surface area contributed by atoms with Gasteiger partial charge in [0.2, 0.25) is 0 Å². The van der Waals surface area contributed by atoms with Crippen LogP contribution in [0.5, 0.6) is 0 Å². The van der Waals surface area contributed by atoms with E-state index in [0.29, 0.717) is 12.5 Å². The Kier molecular flexibility index (Phi) is 4.78. The predicted octanol–water partition coefficient (Wildman–Crippen LogP) is 3.29. The smallest absolute Gasteiger partial charge is 0.0991 e. The number of aryl methyl sites for hydroxylation is 1. The lowest BCUT2D eigenvalue weighted by molar-refractivity contribution is 0.164. The van der Waals surface area contributed by atoms with Gasteiger partial charge in [-0.25, -0.2) is 0 Å². The Morgan fingerprint density at radius 3 is 2.22 bits per heavy atom. The molecule has 18 heavy (non-hydrogen) atoms. The van der Waals surface area contributed by atoms with Gasteiger partial charge < -0.3 is 5.11 Å². The van der Waals surface area contributed by atoms with Gasteiger partial charge in [0.25, 0.3) is 0 Å². The minimum absolute atomic E-state index is 0.363. The second-order valence-corrected chi connectivity index (χ2v) is 5.42. The molecule has 0 aromatic heterocycles. The average Bonchev–Trinajstić information content (AvgIpc) is 2.46. The molecule has 1 fully saturated rings. The topological polar surface area (TPSA) is 44.0 Å². The molecule has 2 nitrogen and oxygen atoms in total. The fourth-order valence-electron chi connectivity index (χ4n) is 2.82. The normalized spacial score (nSPS) is 23.6. The van der Waals surface area contributed by atoms with Crippen molar-refractivity contribution in [1.82, 2.24) is 0 Å². The Morgan fingerprint density at radius 1 is 1.06 bits per heavy atom. The van der Waals surface area contributed by atoms with Crippen molar-refractivity contribution < 1.29 is 5.11 Å². The van der Waals surface area contributed by atoms with E-state index in [1.807, 2.05) is 12.1 Å². The summed E-state index contributed by atoms with van der Waals surface area (Å²) in [6.45, 7) is 0.363. The minimum atomic E-state index is 0.363. The summed E-state index contributed by atoms with van der Waals surface area (Å²) in [4.78, 5) is 0. The number of nitrogens with zero attached hydrogens (tertiary/aromatic N) is 1. The van der Waals surface area contributed by atoms with E-state index in [1.165, 1.54) is 37.7 Å². The molecule has 0 unspecified atom stereocenters. The molecule has 1 aliphatic rings. The lowest BCUT2D eigenvalue weighted by Crippen LogP contribution is -2.17. The summed E-state index contributed by atoms with van der Waals surface area (Å²) in [6, 6.07) is 10.1. The molecule has 0 saturated heterocycles. The lowest BCUT2D eigenvalue weighted by Gasteiger charge is -2.27. The molecule has 0 heterocycles. The second-order valence-electron chi connectivity index (χ2n) is 5.42. The molecule has 0 spiro atoms. The molecule has 96 valence electrons. The summed E-state index contributed by atoms with van der Waals surface area (Å²) < 4.78 is 0. The van der Waals surface area contributed by atoms with Crippen molar-refractivity contribution in [2.24, 2.45) is 11.8 Å². The van der Waals surface area contributed by atoms with Crippen LogP contribution in [0.25, 0.3) is 0 Å². The summed E-state index contributed by atoms with van der Waals surface area (Å²) in [5, 5.41) is 17.8. The maximum Gasteiger partial charge on any atom is 0.0991 e. The van der Waals surface area contributed by atoms with Crippen LogP contribution < -0.4 is 0 Å². The molecule has 1 saturated carbocycles. The number of benzene rings is 1. The van der Waals surface area contributed by atoms with Crippen LogP contribution in [-0.4, -0.2) is 11.7 Å². The van der Waals surface area contributed by atoms with Crippen molar-refractivity contribution in [2.75, 3.05) is 6.61 Å². The van der Waals surface area contributed by atoms with E-state index in [-0.39, 0.29) is 0 Å². The van der Waals surface area contributed by atoms with Gasteiger partial charge in [-0.15, -0.1) is 0 Å². The van der Waals surface area contributed by atoms with Crippen molar-refractivity contribution in [1.29, 1.82) is 5.26 Å². The third kappa shape index (κ3) is 3.58. The predicted molar refractivity (Wildman–Crippen MR) is 72.0 cm³/mol. The monoisotopic (exact) mass is 243 g/mol. The lowest BCUT2D eigenvalue weighted by atomic mass is 9.80. The first kappa shape index (κ1) is 13.1. The summed E-state index contributed by atoms with van der Waals surface area (Å²) in [5.74, 6) is 1.37. The molecule has 1 aliphatic carbocycles. The van der Waals surface area contributed by atoms with E-state index in [0.717, 1.165) is 17.9 Å². The van der Waals surface area contributed by atoms with Crippen LogP contribution in [-0.2, 0) is 6.42 Å². The van der Waals surface area contributed by atoms with Gasteiger partial charge in [-0.3, -0.25) is 0 Å². The van der Waals surface area contributed by atoms with Gasteiger partial charge >= 0.3 is 0 Å². The molecule has 1 N–H and O–H groups in total. The van der Waals surface area contributed by atoms with Gasteiger partial charge in [-0.1, -0.05) is 25.0 Å². The minimum Gasteiger partial charge on any atom is -0.396 e. The van der Waals surface area contributed by atoms with Gasteiger partial charge in [-0.2, -0.15) is 5.26 Å². The van der Waals surface area contributed by atoms with E-state index >= 15 is 0 Å². The molecular formula is C16H21NO. The number of nitriles is 1. The number of aliphatic hydroxyl groups is 1. The SMILES string of the molecule is N#Cc1ccc(CCC2CCC(CO)CC2)cc1. The first-order valence-electron chi connectivity index (χ1n) is 6.91. The Hall–Kier alpha value is -1.33. The van der Waals surface area contributed by atoms with E-state index < -0.39 is 0 Å². The van der Waals surface area contributed by atoms with Crippen molar-refractivity contribution >= 4 is 0 Å². The third-order valence-electron chi connectivity index (χ3n) is 4.15. The highest BCUT2D eigenvalue weighted by molar-refractivity contribution is 5.31. The highest BCUT2D eigenvalue weighted by atomic mass is 16.3. The number of hydrogen-bond acceptors (Lipinski definition) is 2. The zero-order chi connectivity index (χ0) is 12.8. The highest BCUT2D eigenvalue weighted by Crippen LogP contribution is 2.31. The molecule has 0 aliphatic heterocycles. The highest BCUT2D eigenvalue weighted by Gasteiger charge is 2.20. The number of rotatable bonds is 4. The zero-order valence-corrected chi connectivity index (χ0v) is 10.8. The fraction of sp³-hybridized carbons (Fsp3) is 0.562. The van der Waals surface area contributed by atoms with Crippen molar-refractivity contribution in [3.8, 4) is 6.07 Å². The average molecular weight is 243 g/mol. The molecule has 0 radical (unpaired) electrons. The third-order valence-corrected chi connectivity index (χ3v) is 4.15. The summed E-state index contributed by atoms with van der Waals surface area (Å²) in [6.07, 6.45) is 7.26. The van der Waals surface area contributed by atoms with Crippen molar-refractivity contribution in [2.45, 2.75) is 38.5 Å². The van der Waals surface area contributed by atoms with Crippen molar-refractivity contribution in [3.05, 3.63) is 35.4 Å². The van der Waals surface area contributed by atoms with Crippen LogP contribution in [0.15, 0.2) is 24.3 Å². The Labute approximate surface area is 109 Å². The molecule has 2 rings (SSSR count). The van der Waals surface area contributed by atoms with Crippen molar-refractivity contribution in [3.63, 3.8) is 0 Å². The molecule has 0 amide bonds. The van der Waals surface area contributed by atoms with Crippen LogP contribution in [0.2, 0.25) is 0 Å². The quantitative estimate of drug-likeness (QED) is 0.881. The Bertz CT molecular complexity index is 396. The van der Waals surface area contributed by atoms with E-state index in [4.69, 9.17) is 10.4 Å². The van der Waals surface area contributed by atoms with Crippen LogP contribution >= 0.6 is 0 Å². The van der Waals surface area contributed by atoms with Gasteiger partial charge in [0, 0.05) is 6.61 Å². The first-order chi connectivity index (χ1) is 8.81. The van der Waals surface area contributed by atoms with E-state index in [9.17, 15) is 0 Å². The molecular weight excluding hydrogens is 222 g/mol. The second kappa shape index (κ2) is 6.56. The molecule has 1 aromatic rings. The fourth-order valence-corrected chi connectivity index (χ4v) is 2.82. The summed E-state index contributed by atoms with van der Waals surface area (Å²) >= 11 is 0. The maximum absolute atomic E-state index is 9.11. The van der Waals surface area contributed by atoms with Crippen LogP contribution in [0.3, 0.4) is 0 Å². The molecule has 0 bridgehead atoms. The van der Waals surface area contributed by atoms with Crippen LogP contribution in [0.1, 0.15) is 43.2 Å². The van der Waals surface area contributed by atoms with Crippen LogP contribution in [0, 0.1) is 23.2 Å². The van der Waals surface area contributed by atoms with Gasteiger partial charge in [-0.05, 0) is 55.2 Å². The molecule has 1 aromatic carbocycles. The molecule has 0 atom stereocenters. The largest absolute Gasteiger partial charge is 0.396 e. The van der Waals surface area contributed by atoms with Gasteiger partial charge in [0.05, 0.1) is 11.6 Å². The molecule has 2 heteroatoms.